The SMILES string of the molecule is COc1ccc(S(=O)(=O)N2CCN(c3nc(-c4ccccc4)nc(C)c3C(C)C)CC2)cc1. The molecule has 0 amide bonds. The predicted molar refractivity (Wildman–Crippen MR) is 130 cm³/mol. The van der Waals surface area contributed by atoms with Crippen LogP contribution in [0, 0.1) is 6.92 Å². The first-order valence-corrected chi connectivity index (χ1v) is 12.6. The van der Waals surface area contributed by atoms with Crippen LogP contribution in [0.15, 0.2) is 59.5 Å². The van der Waals surface area contributed by atoms with Gasteiger partial charge in [-0.25, -0.2) is 18.4 Å². The number of nitrogens with zero attached hydrogens (tertiary/aromatic N) is 4. The highest BCUT2D eigenvalue weighted by Crippen LogP contribution is 2.32. The molecule has 1 aromatic heterocycles. The maximum Gasteiger partial charge on any atom is 0.243 e. The smallest absolute Gasteiger partial charge is 0.243 e. The molecule has 1 saturated heterocycles. The van der Waals surface area contributed by atoms with Gasteiger partial charge in [0.05, 0.1) is 12.0 Å². The number of rotatable bonds is 6. The quantitative estimate of drug-likeness (QED) is 0.545. The number of ether oxygens (including phenoxy) is 1. The number of methoxy groups -OCH3 is 1. The van der Waals surface area contributed by atoms with E-state index in [0.29, 0.717) is 37.8 Å². The van der Waals surface area contributed by atoms with Gasteiger partial charge in [-0.1, -0.05) is 44.2 Å². The van der Waals surface area contributed by atoms with Gasteiger partial charge in [-0.05, 0) is 37.1 Å². The summed E-state index contributed by atoms with van der Waals surface area (Å²) in [6.07, 6.45) is 0. The first-order valence-electron chi connectivity index (χ1n) is 11.1. The van der Waals surface area contributed by atoms with Crippen LogP contribution in [-0.2, 0) is 10.0 Å². The van der Waals surface area contributed by atoms with Gasteiger partial charge in [-0.15, -0.1) is 0 Å². The lowest BCUT2D eigenvalue weighted by molar-refractivity contribution is 0.383. The fourth-order valence-electron chi connectivity index (χ4n) is 4.24. The van der Waals surface area contributed by atoms with Crippen molar-refractivity contribution in [2.75, 3.05) is 38.2 Å². The molecule has 3 aromatic rings. The minimum Gasteiger partial charge on any atom is -0.497 e. The number of anilines is 1. The van der Waals surface area contributed by atoms with Crippen molar-refractivity contribution in [1.82, 2.24) is 14.3 Å². The molecule has 0 aliphatic carbocycles. The summed E-state index contributed by atoms with van der Waals surface area (Å²) >= 11 is 0. The van der Waals surface area contributed by atoms with Gasteiger partial charge < -0.3 is 9.64 Å². The highest BCUT2D eigenvalue weighted by atomic mass is 32.2. The van der Waals surface area contributed by atoms with Gasteiger partial charge in [0.1, 0.15) is 11.6 Å². The third-order valence-corrected chi connectivity index (χ3v) is 7.87. The highest BCUT2D eigenvalue weighted by molar-refractivity contribution is 7.89. The van der Waals surface area contributed by atoms with Gasteiger partial charge in [-0.2, -0.15) is 4.31 Å². The molecule has 4 rings (SSSR count). The Balaban J connectivity index is 1.59. The summed E-state index contributed by atoms with van der Waals surface area (Å²) in [5.41, 5.74) is 3.04. The molecule has 0 bridgehead atoms. The molecule has 0 unspecified atom stereocenters. The lowest BCUT2D eigenvalue weighted by Crippen LogP contribution is -2.49. The number of aryl methyl sites for hydroxylation is 1. The van der Waals surface area contributed by atoms with Crippen LogP contribution in [0.1, 0.15) is 31.0 Å². The minimum absolute atomic E-state index is 0.255. The summed E-state index contributed by atoms with van der Waals surface area (Å²) in [6, 6.07) is 16.5. The highest BCUT2D eigenvalue weighted by Gasteiger charge is 2.30. The van der Waals surface area contributed by atoms with E-state index in [1.807, 2.05) is 37.3 Å². The molecule has 7 nitrogen and oxygen atoms in total. The average Bonchev–Trinajstić information content (AvgIpc) is 2.84. The first-order chi connectivity index (χ1) is 15.8. The zero-order chi connectivity index (χ0) is 23.6. The number of hydrogen-bond acceptors (Lipinski definition) is 6. The molecule has 2 heterocycles. The Labute approximate surface area is 196 Å². The minimum atomic E-state index is -3.56. The second kappa shape index (κ2) is 9.49. The van der Waals surface area contributed by atoms with Crippen LogP contribution < -0.4 is 9.64 Å². The summed E-state index contributed by atoms with van der Waals surface area (Å²) in [4.78, 5) is 12.2. The third kappa shape index (κ3) is 4.72. The Bertz CT molecular complexity index is 1200. The van der Waals surface area contributed by atoms with Crippen LogP contribution >= 0.6 is 0 Å². The van der Waals surface area contributed by atoms with Crippen molar-refractivity contribution in [1.29, 1.82) is 0 Å². The van der Waals surface area contributed by atoms with Gasteiger partial charge in [0.2, 0.25) is 10.0 Å². The Morgan fingerprint density at radius 3 is 2.12 bits per heavy atom. The molecule has 0 atom stereocenters. The van der Waals surface area contributed by atoms with E-state index >= 15 is 0 Å². The maximum absolute atomic E-state index is 13.1. The zero-order valence-electron chi connectivity index (χ0n) is 19.5. The van der Waals surface area contributed by atoms with Crippen LogP contribution in [0.25, 0.3) is 11.4 Å². The van der Waals surface area contributed by atoms with Crippen molar-refractivity contribution in [3.63, 3.8) is 0 Å². The molecule has 1 fully saturated rings. The van der Waals surface area contributed by atoms with Crippen LogP contribution in [0.3, 0.4) is 0 Å². The van der Waals surface area contributed by atoms with Crippen LogP contribution in [0.4, 0.5) is 5.82 Å². The topological polar surface area (TPSA) is 75.6 Å². The van der Waals surface area contributed by atoms with E-state index in [2.05, 4.69) is 18.7 Å². The Morgan fingerprint density at radius 2 is 1.55 bits per heavy atom. The van der Waals surface area contributed by atoms with E-state index in [9.17, 15) is 8.42 Å². The van der Waals surface area contributed by atoms with Gasteiger partial charge in [0, 0.05) is 43.0 Å². The predicted octanol–water partition coefficient (Wildman–Crippen LogP) is 4.09. The Morgan fingerprint density at radius 1 is 0.909 bits per heavy atom. The molecule has 0 saturated carbocycles. The molecule has 0 radical (unpaired) electrons. The largest absolute Gasteiger partial charge is 0.497 e. The molecule has 1 aliphatic rings. The van der Waals surface area contributed by atoms with Crippen molar-refractivity contribution in [3.8, 4) is 17.1 Å². The molecule has 0 N–H and O–H groups in total. The van der Waals surface area contributed by atoms with Gasteiger partial charge in [0.25, 0.3) is 0 Å². The molecule has 1 aliphatic heterocycles. The van der Waals surface area contributed by atoms with Crippen LogP contribution in [0.5, 0.6) is 5.75 Å². The fourth-order valence-corrected chi connectivity index (χ4v) is 5.66. The molecule has 174 valence electrons. The summed E-state index contributed by atoms with van der Waals surface area (Å²) in [5, 5.41) is 0. The lowest BCUT2D eigenvalue weighted by Gasteiger charge is -2.36. The summed E-state index contributed by atoms with van der Waals surface area (Å²) in [7, 11) is -2.00. The van der Waals surface area contributed by atoms with Crippen molar-refractivity contribution in [3.05, 3.63) is 65.9 Å². The van der Waals surface area contributed by atoms with Crippen LogP contribution in [0.2, 0.25) is 0 Å². The Hall–Kier alpha value is -2.97. The van der Waals surface area contributed by atoms with Crippen molar-refractivity contribution < 1.29 is 13.2 Å². The lowest BCUT2D eigenvalue weighted by atomic mass is 10.0. The number of hydrogen-bond donors (Lipinski definition) is 0. The molecular weight excluding hydrogens is 436 g/mol. The second-order valence-corrected chi connectivity index (χ2v) is 10.4. The number of aromatic nitrogens is 2. The molecule has 2 aromatic carbocycles. The van der Waals surface area contributed by atoms with Crippen molar-refractivity contribution >= 4 is 15.8 Å². The van der Waals surface area contributed by atoms with E-state index < -0.39 is 10.0 Å². The second-order valence-electron chi connectivity index (χ2n) is 8.46. The fraction of sp³-hybridized carbons (Fsp3) is 0.360. The average molecular weight is 467 g/mol. The van der Waals surface area contributed by atoms with Crippen LogP contribution in [-0.4, -0.2) is 56.0 Å². The number of piperazine rings is 1. The summed E-state index contributed by atoms with van der Waals surface area (Å²) < 4.78 is 33.0. The first kappa shape index (κ1) is 23.2. The van der Waals surface area contributed by atoms with E-state index in [1.165, 1.54) is 0 Å². The molecule has 33 heavy (non-hydrogen) atoms. The van der Waals surface area contributed by atoms with Gasteiger partial charge >= 0.3 is 0 Å². The van der Waals surface area contributed by atoms with E-state index in [1.54, 1.807) is 35.7 Å². The third-order valence-electron chi connectivity index (χ3n) is 5.96. The van der Waals surface area contributed by atoms with E-state index in [-0.39, 0.29) is 10.8 Å². The van der Waals surface area contributed by atoms with Gasteiger partial charge in [-0.3, -0.25) is 0 Å². The van der Waals surface area contributed by atoms with E-state index in [0.717, 1.165) is 22.6 Å². The summed E-state index contributed by atoms with van der Waals surface area (Å²) in [6.45, 7) is 8.24. The molecular formula is C25H30N4O3S. The van der Waals surface area contributed by atoms with E-state index in [4.69, 9.17) is 14.7 Å². The molecule has 8 heteroatoms. The van der Waals surface area contributed by atoms with Crippen molar-refractivity contribution in [2.24, 2.45) is 0 Å². The monoisotopic (exact) mass is 466 g/mol. The molecule has 0 spiro atoms. The summed E-state index contributed by atoms with van der Waals surface area (Å²) in [5.74, 6) is 2.48. The normalized spacial score (nSPS) is 15.1. The Kier molecular flexibility index (Phi) is 6.67. The standard InChI is InChI=1S/C25H30N4O3S/c1-18(2)23-19(3)26-24(20-8-6-5-7-9-20)27-25(23)28-14-16-29(17-15-28)33(30,31)22-12-10-21(32-4)11-13-22/h5-13,18H,14-17H2,1-4H3. The number of benzene rings is 2. The maximum atomic E-state index is 13.1. The zero-order valence-corrected chi connectivity index (χ0v) is 20.3. The van der Waals surface area contributed by atoms with Gasteiger partial charge in [0.15, 0.2) is 5.82 Å². The number of sulfonamides is 1. The van der Waals surface area contributed by atoms with Crippen molar-refractivity contribution in [2.45, 2.75) is 31.6 Å².